The van der Waals surface area contributed by atoms with E-state index in [2.05, 4.69) is 41.2 Å². The molecule has 0 amide bonds. The molecule has 2 atom stereocenters. The van der Waals surface area contributed by atoms with Gasteiger partial charge in [-0.1, -0.05) is 44.0 Å². The van der Waals surface area contributed by atoms with E-state index < -0.39 is 11.6 Å². The molecule has 1 aliphatic heterocycles. The number of halogens is 2. The monoisotopic (exact) mass is 466 g/mol. The molecule has 1 aliphatic rings. The smallest absolute Gasteiger partial charge is 0.201 e. The number of aromatic nitrogens is 2. The molecule has 0 N–H and O–H groups in total. The number of benzene rings is 2. The molecule has 1 fully saturated rings. The second-order valence-electron chi connectivity index (χ2n) is 8.81. The summed E-state index contributed by atoms with van der Waals surface area (Å²) < 4.78 is 39.9. The van der Waals surface area contributed by atoms with Crippen LogP contribution in [-0.4, -0.2) is 23.2 Å². The fraction of sp³-hybridized carbons (Fsp3) is 0.429. The summed E-state index contributed by atoms with van der Waals surface area (Å²) in [6.07, 6.45) is 9.96. The molecule has 6 heteroatoms. The summed E-state index contributed by atoms with van der Waals surface area (Å²) in [6.45, 7) is 4.84. The number of hydrogen-bond donors (Lipinski definition) is 0. The lowest BCUT2D eigenvalue weighted by Gasteiger charge is -2.29. The number of hydrogen-bond acceptors (Lipinski definition) is 4. The van der Waals surface area contributed by atoms with Gasteiger partial charge in [-0.25, -0.2) is 14.4 Å². The number of ether oxygens (including phenoxy) is 2. The van der Waals surface area contributed by atoms with Crippen LogP contribution in [0.2, 0.25) is 0 Å². The Morgan fingerprint density at radius 1 is 0.912 bits per heavy atom. The summed E-state index contributed by atoms with van der Waals surface area (Å²) in [5.74, 6) is -1.64. The summed E-state index contributed by atoms with van der Waals surface area (Å²) in [6, 6.07) is 11.8. The van der Waals surface area contributed by atoms with Crippen LogP contribution in [0, 0.1) is 11.6 Å². The topological polar surface area (TPSA) is 44.2 Å². The summed E-state index contributed by atoms with van der Waals surface area (Å²) in [5.41, 5.74) is 3.57. The molecule has 1 saturated heterocycles. The maximum absolute atomic E-state index is 14.5. The van der Waals surface area contributed by atoms with Crippen molar-refractivity contribution >= 4 is 0 Å². The molecule has 4 rings (SSSR count). The zero-order valence-corrected chi connectivity index (χ0v) is 19.9. The van der Waals surface area contributed by atoms with Crippen molar-refractivity contribution in [3.05, 3.63) is 77.1 Å². The van der Waals surface area contributed by atoms with Crippen LogP contribution in [0.4, 0.5) is 8.78 Å². The van der Waals surface area contributed by atoms with Crippen molar-refractivity contribution in [3.8, 4) is 17.1 Å². The van der Waals surface area contributed by atoms with Crippen LogP contribution in [0.15, 0.2) is 48.8 Å². The first-order chi connectivity index (χ1) is 16.6. The summed E-state index contributed by atoms with van der Waals surface area (Å²) in [7, 11) is 0. The second-order valence-corrected chi connectivity index (χ2v) is 8.81. The van der Waals surface area contributed by atoms with Gasteiger partial charge in [-0.3, -0.25) is 0 Å². The lowest BCUT2D eigenvalue weighted by molar-refractivity contribution is 0.00200. The Labute approximate surface area is 200 Å². The third-order valence-corrected chi connectivity index (χ3v) is 6.43. The van der Waals surface area contributed by atoms with Crippen LogP contribution in [0.5, 0.6) is 5.75 Å². The van der Waals surface area contributed by atoms with Gasteiger partial charge in [-0.15, -0.1) is 0 Å². The Morgan fingerprint density at radius 2 is 1.68 bits per heavy atom. The summed E-state index contributed by atoms with van der Waals surface area (Å²) in [5, 5.41) is 0. The molecule has 180 valence electrons. The third-order valence-electron chi connectivity index (χ3n) is 6.43. The van der Waals surface area contributed by atoms with Crippen LogP contribution in [-0.2, 0) is 11.2 Å². The minimum absolute atomic E-state index is 0.00951. The van der Waals surface area contributed by atoms with Gasteiger partial charge in [0.1, 0.15) is 0 Å². The molecular formula is C28H32F2N2O2. The van der Waals surface area contributed by atoms with Crippen molar-refractivity contribution in [3.63, 3.8) is 0 Å². The predicted octanol–water partition coefficient (Wildman–Crippen LogP) is 7.19. The highest BCUT2D eigenvalue weighted by molar-refractivity contribution is 5.57. The van der Waals surface area contributed by atoms with Crippen LogP contribution in [0.3, 0.4) is 0 Å². The minimum atomic E-state index is -1.03. The van der Waals surface area contributed by atoms with Crippen molar-refractivity contribution < 1.29 is 18.3 Å². The zero-order chi connectivity index (χ0) is 23.9. The van der Waals surface area contributed by atoms with E-state index in [0.717, 1.165) is 24.8 Å². The SMILES string of the molecule is CCCCCc1ccc(C2CCC(c3cnc(-c4ccc(OCC)c(F)c4F)nc3)OC2)cc1. The van der Waals surface area contributed by atoms with E-state index in [0.29, 0.717) is 12.5 Å². The highest BCUT2D eigenvalue weighted by Crippen LogP contribution is 2.36. The minimum Gasteiger partial charge on any atom is -0.491 e. The van der Waals surface area contributed by atoms with Gasteiger partial charge in [0, 0.05) is 23.9 Å². The quantitative estimate of drug-likeness (QED) is 0.313. The van der Waals surface area contributed by atoms with Crippen molar-refractivity contribution in [2.24, 2.45) is 0 Å². The Kier molecular flexibility index (Phi) is 8.22. The molecule has 1 aromatic heterocycles. The molecule has 0 aliphatic carbocycles. The van der Waals surface area contributed by atoms with E-state index in [1.165, 1.54) is 42.5 Å². The molecule has 2 heterocycles. The molecule has 0 bridgehead atoms. The van der Waals surface area contributed by atoms with Crippen LogP contribution >= 0.6 is 0 Å². The van der Waals surface area contributed by atoms with Crippen molar-refractivity contribution in [1.82, 2.24) is 9.97 Å². The van der Waals surface area contributed by atoms with E-state index in [4.69, 9.17) is 9.47 Å². The van der Waals surface area contributed by atoms with E-state index in [-0.39, 0.29) is 29.8 Å². The lowest BCUT2D eigenvalue weighted by Crippen LogP contribution is -2.19. The van der Waals surface area contributed by atoms with Gasteiger partial charge < -0.3 is 9.47 Å². The van der Waals surface area contributed by atoms with Gasteiger partial charge in [-0.05, 0) is 55.9 Å². The number of nitrogens with zero attached hydrogens (tertiary/aromatic N) is 2. The third kappa shape index (κ3) is 5.61. The fourth-order valence-corrected chi connectivity index (χ4v) is 4.43. The molecule has 0 saturated carbocycles. The summed E-state index contributed by atoms with van der Waals surface area (Å²) >= 11 is 0. The average molecular weight is 467 g/mol. The van der Waals surface area contributed by atoms with Crippen LogP contribution < -0.4 is 4.74 Å². The molecule has 4 nitrogen and oxygen atoms in total. The number of unbranched alkanes of at least 4 members (excludes halogenated alkanes) is 2. The Balaban J connectivity index is 1.36. The van der Waals surface area contributed by atoms with Gasteiger partial charge >= 0.3 is 0 Å². The number of rotatable bonds is 9. The van der Waals surface area contributed by atoms with Gasteiger partial charge in [0.2, 0.25) is 5.82 Å². The highest BCUT2D eigenvalue weighted by Gasteiger charge is 2.25. The summed E-state index contributed by atoms with van der Waals surface area (Å²) in [4.78, 5) is 8.56. The first-order valence-corrected chi connectivity index (χ1v) is 12.2. The van der Waals surface area contributed by atoms with Crippen LogP contribution in [0.25, 0.3) is 11.4 Å². The Hall–Kier alpha value is -2.86. The van der Waals surface area contributed by atoms with Gasteiger partial charge in [0.15, 0.2) is 17.4 Å². The maximum Gasteiger partial charge on any atom is 0.201 e. The zero-order valence-electron chi connectivity index (χ0n) is 19.9. The van der Waals surface area contributed by atoms with E-state index >= 15 is 0 Å². The van der Waals surface area contributed by atoms with Gasteiger partial charge in [0.25, 0.3) is 0 Å². The second kappa shape index (κ2) is 11.5. The normalized spacial score (nSPS) is 18.1. The van der Waals surface area contributed by atoms with Crippen molar-refractivity contribution in [2.75, 3.05) is 13.2 Å². The molecule has 0 spiro atoms. The predicted molar refractivity (Wildman–Crippen MR) is 129 cm³/mol. The van der Waals surface area contributed by atoms with Crippen molar-refractivity contribution in [1.29, 1.82) is 0 Å². The molecule has 0 radical (unpaired) electrons. The van der Waals surface area contributed by atoms with E-state index in [9.17, 15) is 8.78 Å². The van der Waals surface area contributed by atoms with Crippen molar-refractivity contribution in [2.45, 2.75) is 64.4 Å². The lowest BCUT2D eigenvalue weighted by atomic mass is 9.89. The molecular weight excluding hydrogens is 434 g/mol. The highest BCUT2D eigenvalue weighted by atomic mass is 19.2. The van der Waals surface area contributed by atoms with Gasteiger partial charge in [0.05, 0.1) is 24.9 Å². The molecule has 34 heavy (non-hydrogen) atoms. The first-order valence-electron chi connectivity index (χ1n) is 12.2. The average Bonchev–Trinajstić information content (AvgIpc) is 2.88. The molecule has 3 aromatic rings. The maximum atomic E-state index is 14.5. The Bertz CT molecular complexity index is 1060. The standard InChI is InChI=1S/C28H32F2N2O2/c1-3-5-6-7-19-8-10-20(11-9-19)21-12-14-24(34-18-21)22-16-31-28(32-17-22)23-13-15-25(33-4-2)27(30)26(23)29/h8-11,13,15-17,21,24H,3-7,12,14,18H2,1-2H3. The van der Waals surface area contributed by atoms with Gasteiger partial charge in [-0.2, -0.15) is 4.39 Å². The fourth-order valence-electron chi connectivity index (χ4n) is 4.43. The van der Waals surface area contributed by atoms with E-state index in [1.54, 1.807) is 19.3 Å². The molecule has 2 unspecified atom stereocenters. The Morgan fingerprint density at radius 3 is 2.32 bits per heavy atom. The number of aryl methyl sites for hydroxylation is 1. The van der Waals surface area contributed by atoms with Crippen LogP contribution in [0.1, 0.15) is 74.7 Å². The van der Waals surface area contributed by atoms with E-state index in [1.807, 2.05) is 0 Å². The largest absolute Gasteiger partial charge is 0.491 e. The molecule has 2 aromatic carbocycles. The first kappa shape index (κ1) is 24.3.